The first-order chi connectivity index (χ1) is 15.7. The van der Waals surface area contributed by atoms with E-state index in [4.69, 9.17) is 0 Å². The summed E-state index contributed by atoms with van der Waals surface area (Å²) in [5.41, 5.74) is 0. The molecule has 34 heavy (non-hydrogen) atoms. The first kappa shape index (κ1) is 32.4. The minimum Gasteiger partial charge on any atom is -0.351 e. The molecule has 0 bridgehead atoms. The zero-order valence-electron chi connectivity index (χ0n) is 19.7. The Morgan fingerprint density at radius 3 is 1.06 bits per heavy atom. The van der Waals surface area contributed by atoms with E-state index in [-0.39, 0.29) is 12.8 Å². The number of carbonyl (C=O) groups excluding carboxylic acids is 2. The third-order valence-electron chi connectivity index (χ3n) is 5.39. The van der Waals surface area contributed by atoms with Crippen LogP contribution >= 0.6 is 0 Å². The van der Waals surface area contributed by atoms with Crippen molar-refractivity contribution in [3.05, 3.63) is 0 Å². The van der Waals surface area contributed by atoms with Crippen LogP contribution < -0.4 is 10.6 Å². The van der Waals surface area contributed by atoms with E-state index in [0.29, 0.717) is 25.7 Å². The predicted octanol–water partition coefficient (Wildman–Crippen LogP) is 6.48. The van der Waals surface area contributed by atoms with Crippen molar-refractivity contribution in [3.63, 3.8) is 0 Å². The van der Waals surface area contributed by atoms with Crippen LogP contribution in [0.4, 0.5) is 35.1 Å². The molecule has 0 aliphatic heterocycles. The Morgan fingerprint density at radius 1 is 0.500 bits per heavy atom. The molecule has 0 atom stereocenters. The molecule has 0 aromatic carbocycles. The highest BCUT2D eigenvalue weighted by Gasteiger charge is 2.84. The van der Waals surface area contributed by atoms with Gasteiger partial charge < -0.3 is 10.6 Å². The van der Waals surface area contributed by atoms with E-state index in [1.54, 1.807) is 0 Å². The molecular weight excluding hydrogens is 476 g/mol. The lowest BCUT2D eigenvalue weighted by Gasteiger charge is -2.35. The summed E-state index contributed by atoms with van der Waals surface area (Å²) in [6.07, 6.45) is 7.94. The number of hydrogen-bond acceptors (Lipinski definition) is 2. The molecule has 0 radical (unpaired) electrons. The van der Waals surface area contributed by atoms with Crippen molar-refractivity contribution in [2.45, 2.75) is 115 Å². The van der Waals surface area contributed by atoms with Crippen molar-refractivity contribution < 1.29 is 44.7 Å². The zero-order chi connectivity index (χ0) is 26.5. The Hall–Kier alpha value is -1.62. The topological polar surface area (TPSA) is 58.2 Å². The van der Waals surface area contributed by atoms with Crippen LogP contribution in [0, 0.1) is 0 Å². The minimum atomic E-state index is -6.83. The molecule has 0 saturated heterocycles. The van der Waals surface area contributed by atoms with Gasteiger partial charge >= 0.3 is 23.7 Å². The number of rotatable bonds is 19. The van der Waals surface area contributed by atoms with Crippen molar-refractivity contribution in [1.29, 1.82) is 0 Å². The first-order valence-corrected chi connectivity index (χ1v) is 11.8. The zero-order valence-corrected chi connectivity index (χ0v) is 19.7. The maximum absolute atomic E-state index is 13.9. The lowest BCUT2D eigenvalue weighted by molar-refractivity contribution is -0.347. The summed E-state index contributed by atoms with van der Waals surface area (Å²) in [4.78, 5) is 23.0. The van der Waals surface area contributed by atoms with Gasteiger partial charge in [-0.15, -0.1) is 0 Å². The molecule has 0 saturated carbocycles. The van der Waals surface area contributed by atoms with Crippen LogP contribution in [0.25, 0.3) is 0 Å². The highest BCUT2D eigenvalue weighted by atomic mass is 19.4. The van der Waals surface area contributed by atoms with Gasteiger partial charge in [0.05, 0.1) is 0 Å². The van der Waals surface area contributed by atoms with Crippen molar-refractivity contribution in [2.24, 2.45) is 0 Å². The molecule has 2 amide bonds. The minimum absolute atomic E-state index is 0.116. The van der Waals surface area contributed by atoms with Gasteiger partial charge in [-0.05, 0) is 12.8 Å². The maximum Gasteiger partial charge on any atom is 0.392 e. The van der Waals surface area contributed by atoms with Crippen LogP contribution in [-0.2, 0) is 9.59 Å². The van der Waals surface area contributed by atoms with E-state index in [0.717, 1.165) is 38.5 Å². The van der Waals surface area contributed by atoms with E-state index in [1.807, 2.05) is 13.8 Å². The number of halogens is 8. The SMILES string of the molecule is CCCCCCCCNC(=O)C(F)(F)C(F)(F)C(F)(F)C(F)(F)C(=O)NCCCCCCCC. The monoisotopic (exact) mass is 512 g/mol. The summed E-state index contributed by atoms with van der Waals surface area (Å²) in [6.45, 7) is 2.89. The van der Waals surface area contributed by atoms with Gasteiger partial charge in [0.25, 0.3) is 11.8 Å². The fourth-order valence-corrected chi connectivity index (χ4v) is 3.12. The van der Waals surface area contributed by atoms with Crippen LogP contribution in [0.5, 0.6) is 0 Å². The molecule has 0 fully saturated rings. The fourth-order valence-electron chi connectivity index (χ4n) is 3.12. The second-order valence-corrected chi connectivity index (χ2v) is 8.34. The summed E-state index contributed by atoms with van der Waals surface area (Å²) in [5, 5.41) is 2.78. The lowest BCUT2D eigenvalue weighted by atomic mass is 9.97. The number of amides is 2. The molecule has 202 valence electrons. The molecule has 0 aliphatic rings. The average molecular weight is 513 g/mol. The largest absolute Gasteiger partial charge is 0.392 e. The molecule has 0 aromatic rings. The third-order valence-corrected chi connectivity index (χ3v) is 5.39. The van der Waals surface area contributed by atoms with E-state index in [2.05, 4.69) is 0 Å². The molecule has 0 aliphatic carbocycles. The second-order valence-electron chi connectivity index (χ2n) is 8.34. The van der Waals surface area contributed by atoms with E-state index in [9.17, 15) is 44.7 Å². The molecule has 0 heterocycles. The fraction of sp³-hybridized carbons (Fsp3) is 0.909. The van der Waals surface area contributed by atoms with Crippen LogP contribution in [-0.4, -0.2) is 48.6 Å². The number of carbonyl (C=O) groups is 2. The number of nitrogens with one attached hydrogen (secondary N) is 2. The highest BCUT2D eigenvalue weighted by Crippen LogP contribution is 2.52. The quantitative estimate of drug-likeness (QED) is 0.154. The van der Waals surface area contributed by atoms with Gasteiger partial charge in [0.2, 0.25) is 0 Å². The van der Waals surface area contributed by atoms with E-state index in [1.165, 1.54) is 10.6 Å². The van der Waals surface area contributed by atoms with Crippen LogP contribution in [0.3, 0.4) is 0 Å². The highest BCUT2D eigenvalue weighted by molar-refractivity contribution is 5.87. The number of unbranched alkanes of at least 4 members (excludes halogenated alkanes) is 10. The normalized spacial score (nSPS) is 13.1. The Morgan fingerprint density at radius 2 is 0.765 bits per heavy atom. The molecular formula is C22H36F8N2O2. The molecule has 2 N–H and O–H groups in total. The summed E-state index contributed by atoms with van der Waals surface area (Å²) in [7, 11) is 0. The third kappa shape index (κ3) is 8.55. The second kappa shape index (κ2) is 14.7. The molecule has 4 nitrogen and oxygen atoms in total. The summed E-state index contributed by atoms with van der Waals surface area (Å²) < 4.78 is 111. The standard InChI is InChI=1S/C22H36F8N2O2/c1-3-5-7-9-11-13-15-31-17(33)19(23,24)21(27,28)22(29,30)20(25,26)18(34)32-16-14-12-10-8-6-4-2/h3-16H2,1-2H3,(H,31,33)(H,32,34). The summed E-state index contributed by atoms with van der Waals surface area (Å²) in [6, 6.07) is 0. The molecule has 0 spiro atoms. The Balaban J connectivity index is 4.98. The molecule has 12 heteroatoms. The van der Waals surface area contributed by atoms with E-state index >= 15 is 0 Å². The van der Waals surface area contributed by atoms with Crippen LogP contribution in [0.1, 0.15) is 90.9 Å². The van der Waals surface area contributed by atoms with Gasteiger partial charge in [-0.2, -0.15) is 35.1 Å². The smallest absolute Gasteiger partial charge is 0.351 e. The van der Waals surface area contributed by atoms with Gasteiger partial charge in [-0.25, -0.2) is 0 Å². The van der Waals surface area contributed by atoms with E-state index < -0.39 is 48.6 Å². The van der Waals surface area contributed by atoms with Crippen molar-refractivity contribution >= 4 is 11.8 Å². The molecule has 0 unspecified atom stereocenters. The Bertz CT molecular complexity index is 564. The molecule has 0 aromatic heterocycles. The predicted molar refractivity (Wildman–Crippen MR) is 113 cm³/mol. The van der Waals surface area contributed by atoms with Crippen LogP contribution in [0.2, 0.25) is 0 Å². The van der Waals surface area contributed by atoms with Gasteiger partial charge in [0.15, 0.2) is 0 Å². The van der Waals surface area contributed by atoms with Gasteiger partial charge in [-0.3, -0.25) is 9.59 Å². The van der Waals surface area contributed by atoms with Gasteiger partial charge in [0, 0.05) is 13.1 Å². The average Bonchev–Trinajstić information content (AvgIpc) is 2.76. The van der Waals surface area contributed by atoms with Crippen molar-refractivity contribution in [3.8, 4) is 0 Å². The first-order valence-electron chi connectivity index (χ1n) is 11.8. The summed E-state index contributed by atoms with van der Waals surface area (Å²) >= 11 is 0. The molecule has 0 rings (SSSR count). The number of alkyl halides is 8. The lowest BCUT2D eigenvalue weighted by Crippen LogP contribution is -2.69. The Kier molecular flexibility index (Phi) is 14.0. The van der Waals surface area contributed by atoms with Crippen molar-refractivity contribution in [1.82, 2.24) is 10.6 Å². The number of hydrogen-bond donors (Lipinski definition) is 2. The van der Waals surface area contributed by atoms with Gasteiger partial charge in [0.1, 0.15) is 0 Å². The Labute approximate surface area is 195 Å². The van der Waals surface area contributed by atoms with Gasteiger partial charge in [-0.1, -0.05) is 78.1 Å². The van der Waals surface area contributed by atoms with Crippen molar-refractivity contribution in [2.75, 3.05) is 13.1 Å². The maximum atomic E-state index is 13.9. The summed E-state index contributed by atoms with van der Waals surface area (Å²) in [5.74, 6) is -31.6. The van der Waals surface area contributed by atoms with Crippen LogP contribution in [0.15, 0.2) is 0 Å².